The van der Waals surface area contributed by atoms with Crippen molar-refractivity contribution in [3.63, 3.8) is 0 Å². The van der Waals surface area contributed by atoms with E-state index < -0.39 is 23.9 Å². The van der Waals surface area contributed by atoms with Gasteiger partial charge in [0, 0.05) is 5.56 Å². The molecule has 1 aromatic rings. The van der Waals surface area contributed by atoms with Gasteiger partial charge in [-0.3, -0.25) is 4.79 Å². The number of hydrogen-bond donors (Lipinski definition) is 1. The summed E-state index contributed by atoms with van der Waals surface area (Å²) in [5.74, 6) is -1.53. The Morgan fingerprint density at radius 1 is 1.14 bits per heavy atom. The summed E-state index contributed by atoms with van der Waals surface area (Å²) in [6.07, 6.45) is 0.711. The minimum absolute atomic E-state index is 0.0693. The normalized spacial score (nSPS) is 12.9. The lowest BCUT2D eigenvalue weighted by Crippen LogP contribution is -2.45. The Morgan fingerprint density at radius 3 is 2.32 bits per heavy atom. The maximum Gasteiger partial charge on any atom is 0.337 e. The number of carbonyl (C=O) groups excluding carboxylic acids is 3. The molecule has 0 radical (unpaired) electrons. The average Bonchev–Trinajstić information content (AvgIpc) is 2.57. The third-order valence-corrected chi connectivity index (χ3v) is 3.50. The molecule has 0 unspecified atom stereocenters. The van der Waals surface area contributed by atoms with E-state index in [1.807, 2.05) is 13.8 Å². The molecular weight excluding hydrogens is 286 g/mol. The topological polar surface area (TPSA) is 81.7 Å². The van der Waals surface area contributed by atoms with E-state index in [-0.39, 0.29) is 17.0 Å². The Balaban J connectivity index is 2.95. The fraction of sp³-hybridized carbons (Fsp3) is 0.438. The molecule has 1 N–H and O–H groups in total. The van der Waals surface area contributed by atoms with Crippen LogP contribution < -0.4 is 5.32 Å². The lowest BCUT2D eigenvalue weighted by Gasteiger charge is -2.21. The second-order valence-electron chi connectivity index (χ2n) is 4.93. The molecule has 0 saturated heterocycles. The molecule has 2 atom stereocenters. The van der Waals surface area contributed by atoms with E-state index in [9.17, 15) is 14.4 Å². The summed E-state index contributed by atoms with van der Waals surface area (Å²) in [5, 5.41) is 2.65. The fourth-order valence-corrected chi connectivity index (χ4v) is 1.93. The molecule has 0 aliphatic rings. The molecule has 22 heavy (non-hydrogen) atoms. The van der Waals surface area contributed by atoms with Gasteiger partial charge >= 0.3 is 11.9 Å². The van der Waals surface area contributed by atoms with E-state index in [1.54, 1.807) is 18.2 Å². The monoisotopic (exact) mass is 307 g/mol. The molecule has 0 spiro atoms. The van der Waals surface area contributed by atoms with Crippen molar-refractivity contribution in [1.29, 1.82) is 0 Å². The van der Waals surface area contributed by atoms with Crippen molar-refractivity contribution >= 4 is 17.8 Å². The van der Waals surface area contributed by atoms with Crippen LogP contribution in [0, 0.1) is 5.92 Å². The minimum atomic E-state index is -0.732. The highest BCUT2D eigenvalue weighted by molar-refractivity contribution is 5.99. The highest BCUT2D eigenvalue weighted by Crippen LogP contribution is 2.12. The molecular formula is C16H21NO5. The van der Waals surface area contributed by atoms with Crippen LogP contribution in [-0.4, -0.2) is 38.1 Å². The molecule has 0 aliphatic carbocycles. The minimum Gasteiger partial charge on any atom is -0.467 e. The molecule has 6 heteroatoms. The van der Waals surface area contributed by atoms with E-state index in [0.29, 0.717) is 6.42 Å². The molecule has 0 bridgehead atoms. The quantitative estimate of drug-likeness (QED) is 0.810. The number of benzene rings is 1. The summed E-state index contributed by atoms with van der Waals surface area (Å²) in [6, 6.07) is 5.38. The predicted octanol–water partition coefficient (Wildman–Crippen LogP) is 1.79. The van der Waals surface area contributed by atoms with Crippen molar-refractivity contribution in [2.24, 2.45) is 5.92 Å². The highest BCUT2D eigenvalue weighted by Gasteiger charge is 2.27. The van der Waals surface area contributed by atoms with Crippen molar-refractivity contribution in [3.8, 4) is 0 Å². The van der Waals surface area contributed by atoms with Crippen LogP contribution in [0.1, 0.15) is 41.0 Å². The van der Waals surface area contributed by atoms with Gasteiger partial charge in [-0.1, -0.05) is 26.3 Å². The maximum absolute atomic E-state index is 12.3. The maximum atomic E-state index is 12.3. The van der Waals surface area contributed by atoms with Crippen LogP contribution >= 0.6 is 0 Å². The molecule has 0 heterocycles. The standard InChI is InChI=1S/C16H21NO5/c1-5-10(2)13(16(20)22-4)17-14(18)11-7-6-8-12(9-11)15(19)21-3/h6-10,13H,5H2,1-4H3,(H,17,18)/t10-,13-/m1/s1. The molecule has 0 aliphatic heterocycles. The molecule has 120 valence electrons. The molecule has 0 aromatic heterocycles. The molecule has 0 saturated carbocycles. The van der Waals surface area contributed by atoms with Gasteiger partial charge in [0.2, 0.25) is 0 Å². The summed E-state index contributed by atoms with van der Waals surface area (Å²) in [5.41, 5.74) is 0.549. The Hall–Kier alpha value is -2.37. The SMILES string of the molecule is CC[C@@H](C)[C@@H](NC(=O)c1cccc(C(=O)OC)c1)C(=O)OC. The Labute approximate surface area is 129 Å². The average molecular weight is 307 g/mol. The zero-order valence-corrected chi connectivity index (χ0v) is 13.2. The van der Waals surface area contributed by atoms with Gasteiger partial charge in [-0.2, -0.15) is 0 Å². The highest BCUT2D eigenvalue weighted by atomic mass is 16.5. The first kappa shape index (κ1) is 17.7. The van der Waals surface area contributed by atoms with E-state index >= 15 is 0 Å². The van der Waals surface area contributed by atoms with Crippen molar-refractivity contribution in [3.05, 3.63) is 35.4 Å². The Kier molecular flexibility index (Phi) is 6.56. The van der Waals surface area contributed by atoms with Crippen molar-refractivity contribution < 1.29 is 23.9 Å². The van der Waals surface area contributed by atoms with Gasteiger partial charge in [0.25, 0.3) is 5.91 Å². The van der Waals surface area contributed by atoms with Crippen LogP contribution in [0.2, 0.25) is 0 Å². The molecule has 0 fully saturated rings. The van der Waals surface area contributed by atoms with E-state index in [0.717, 1.165) is 0 Å². The Bertz CT molecular complexity index is 555. The van der Waals surface area contributed by atoms with Gasteiger partial charge in [-0.15, -0.1) is 0 Å². The van der Waals surface area contributed by atoms with E-state index in [1.165, 1.54) is 20.3 Å². The second-order valence-corrected chi connectivity index (χ2v) is 4.93. The number of carbonyl (C=O) groups is 3. The van der Waals surface area contributed by atoms with Gasteiger partial charge < -0.3 is 14.8 Å². The first-order valence-electron chi connectivity index (χ1n) is 7.01. The number of hydrogen-bond acceptors (Lipinski definition) is 5. The summed E-state index contributed by atoms with van der Waals surface area (Å²) >= 11 is 0. The first-order chi connectivity index (χ1) is 10.4. The van der Waals surface area contributed by atoms with Gasteiger partial charge in [0.15, 0.2) is 0 Å². The third-order valence-electron chi connectivity index (χ3n) is 3.50. The van der Waals surface area contributed by atoms with Crippen LogP contribution in [0.4, 0.5) is 0 Å². The number of nitrogens with one attached hydrogen (secondary N) is 1. The molecule has 6 nitrogen and oxygen atoms in total. The van der Waals surface area contributed by atoms with Gasteiger partial charge in [0.1, 0.15) is 6.04 Å². The predicted molar refractivity (Wildman–Crippen MR) is 80.5 cm³/mol. The van der Waals surface area contributed by atoms with Gasteiger partial charge in [0.05, 0.1) is 19.8 Å². The largest absolute Gasteiger partial charge is 0.467 e. The molecule has 1 aromatic carbocycles. The second kappa shape index (κ2) is 8.17. The first-order valence-corrected chi connectivity index (χ1v) is 7.01. The van der Waals surface area contributed by atoms with Crippen molar-refractivity contribution in [2.45, 2.75) is 26.3 Å². The van der Waals surface area contributed by atoms with Gasteiger partial charge in [-0.25, -0.2) is 9.59 Å². The van der Waals surface area contributed by atoms with Crippen molar-refractivity contribution in [1.82, 2.24) is 5.32 Å². The number of esters is 2. The summed E-state index contributed by atoms with van der Waals surface area (Å²) in [4.78, 5) is 35.6. The summed E-state index contributed by atoms with van der Waals surface area (Å²) < 4.78 is 9.34. The zero-order valence-electron chi connectivity index (χ0n) is 13.2. The lowest BCUT2D eigenvalue weighted by atomic mass is 9.98. The third kappa shape index (κ3) is 4.31. The lowest BCUT2D eigenvalue weighted by molar-refractivity contribution is -0.144. The van der Waals surface area contributed by atoms with Crippen LogP contribution in [0.5, 0.6) is 0 Å². The van der Waals surface area contributed by atoms with Crippen LogP contribution in [0.25, 0.3) is 0 Å². The van der Waals surface area contributed by atoms with E-state index in [2.05, 4.69) is 10.1 Å². The molecule has 1 amide bonds. The number of methoxy groups -OCH3 is 2. The zero-order chi connectivity index (χ0) is 16.7. The van der Waals surface area contributed by atoms with Crippen molar-refractivity contribution in [2.75, 3.05) is 14.2 Å². The van der Waals surface area contributed by atoms with Gasteiger partial charge in [-0.05, 0) is 24.1 Å². The number of ether oxygens (including phenoxy) is 2. The summed E-state index contributed by atoms with van der Waals surface area (Å²) in [6.45, 7) is 3.78. The molecule has 1 rings (SSSR count). The van der Waals surface area contributed by atoms with E-state index in [4.69, 9.17) is 4.74 Å². The fourth-order valence-electron chi connectivity index (χ4n) is 1.93. The van der Waals surface area contributed by atoms with Crippen LogP contribution in [0.15, 0.2) is 24.3 Å². The van der Waals surface area contributed by atoms with Crippen LogP contribution in [0.3, 0.4) is 0 Å². The number of amides is 1. The smallest absolute Gasteiger partial charge is 0.337 e. The Morgan fingerprint density at radius 2 is 1.77 bits per heavy atom. The van der Waals surface area contributed by atoms with Crippen LogP contribution in [-0.2, 0) is 14.3 Å². The number of rotatable bonds is 6. The summed E-state index contributed by atoms with van der Waals surface area (Å²) in [7, 11) is 2.55.